The maximum Gasteiger partial charge on any atom is 0.145 e. The number of hydrogen-bond donors (Lipinski definition) is 2. The number of aliphatic hydroxyl groups is 1. The van der Waals surface area contributed by atoms with Gasteiger partial charge in [0.15, 0.2) is 0 Å². The van der Waals surface area contributed by atoms with Crippen LogP contribution in [0.4, 0.5) is 5.69 Å². The molecule has 2 aromatic rings. The molecule has 1 atom stereocenters. The van der Waals surface area contributed by atoms with Gasteiger partial charge >= 0.3 is 0 Å². The molecular weight excluding hydrogens is 264 g/mol. The van der Waals surface area contributed by atoms with Gasteiger partial charge in [0.25, 0.3) is 0 Å². The van der Waals surface area contributed by atoms with Crippen LogP contribution in [0.2, 0.25) is 0 Å². The molecule has 0 spiro atoms. The first-order valence-corrected chi connectivity index (χ1v) is 7.37. The number of benzene rings is 1. The molecule has 21 heavy (non-hydrogen) atoms. The molecule has 0 amide bonds. The number of fused-ring (bicyclic) bond motifs is 1. The van der Waals surface area contributed by atoms with Gasteiger partial charge in [-0.2, -0.15) is 0 Å². The van der Waals surface area contributed by atoms with Crippen LogP contribution in [-0.4, -0.2) is 29.8 Å². The first-order valence-electron chi connectivity index (χ1n) is 7.37. The fraction of sp³-hybridized carbons (Fsp3) is 0.471. The van der Waals surface area contributed by atoms with Gasteiger partial charge in [0.05, 0.1) is 13.7 Å². The van der Waals surface area contributed by atoms with Crippen molar-refractivity contribution in [1.29, 1.82) is 0 Å². The number of nitrogens with one attached hydrogen (secondary N) is 1. The van der Waals surface area contributed by atoms with Crippen molar-refractivity contribution in [1.82, 2.24) is 4.98 Å². The molecule has 1 aromatic carbocycles. The first kappa shape index (κ1) is 15.6. The van der Waals surface area contributed by atoms with Crippen molar-refractivity contribution in [3.63, 3.8) is 0 Å². The third-order valence-corrected chi connectivity index (χ3v) is 3.49. The van der Waals surface area contributed by atoms with Gasteiger partial charge in [-0.3, -0.25) is 0 Å². The number of para-hydroxylation sites is 1. The molecule has 4 heteroatoms. The molecule has 2 N–H and O–H groups in total. The average Bonchev–Trinajstić information content (AvgIpc) is 2.45. The van der Waals surface area contributed by atoms with Crippen molar-refractivity contribution >= 4 is 16.6 Å². The zero-order valence-electron chi connectivity index (χ0n) is 13.2. The Morgan fingerprint density at radius 2 is 2.10 bits per heavy atom. The highest BCUT2D eigenvalue weighted by Gasteiger charge is 2.13. The molecule has 2 rings (SSSR count). The minimum Gasteiger partial charge on any atom is -0.494 e. The summed E-state index contributed by atoms with van der Waals surface area (Å²) in [4.78, 5) is 4.57. The number of methoxy groups -OCH3 is 1. The van der Waals surface area contributed by atoms with E-state index in [4.69, 9.17) is 4.74 Å². The zero-order chi connectivity index (χ0) is 15.4. The monoisotopic (exact) mass is 288 g/mol. The van der Waals surface area contributed by atoms with Crippen LogP contribution in [0, 0.1) is 12.8 Å². The van der Waals surface area contributed by atoms with E-state index in [1.807, 2.05) is 31.2 Å². The third-order valence-electron chi connectivity index (χ3n) is 3.49. The van der Waals surface area contributed by atoms with Crippen molar-refractivity contribution in [2.24, 2.45) is 5.92 Å². The van der Waals surface area contributed by atoms with E-state index < -0.39 is 0 Å². The number of aryl methyl sites for hydroxylation is 1. The Hall–Kier alpha value is -1.81. The lowest BCUT2D eigenvalue weighted by Crippen LogP contribution is -2.25. The number of aromatic nitrogens is 1. The van der Waals surface area contributed by atoms with Gasteiger partial charge in [0.2, 0.25) is 0 Å². The smallest absolute Gasteiger partial charge is 0.145 e. The molecule has 1 aromatic heterocycles. The molecule has 0 aliphatic carbocycles. The number of rotatable bonds is 6. The number of ether oxygens (including phenoxy) is 1. The highest BCUT2D eigenvalue weighted by atomic mass is 16.5. The molecular formula is C17H24N2O2. The van der Waals surface area contributed by atoms with Gasteiger partial charge in [-0.05, 0) is 31.4 Å². The average molecular weight is 288 g/mol. The molecule has 1 heterocycles. The standard InChI is InChI=1S/C17H24N2O2/c1-11(2)8-13(10-20)19-15-9-12(3)18-17-14(15)6-5-7-16(17)21-4/h5-7,9,11,13,20H,8,10H2,1-4H3,(H,18,19). The minimum atomic E-state index is 0.0428. The molecule has 4 nitrogen and oxygen atoms in total. The largest absolute Gasteiger partial charge is 0.494 e. The van der Waals surface area contributed by atoms with E-state index in [9.17, 15) is 5.11 Å². The summed E-state index contributed by atoms with van der Waals surface area (Å²) in [5, 5.41) is 14.0. The lowest BCUT2D eigenvalue weighted by molar-refractivity contribution is 0.259. The Kier molecular flexibility index (Phi) is 5.02. The second-order valence-corrected chi connectivity index (χ2v) is 5.82. The zero-order valence-corrected chi connectivity index (χ0v) is 13.2. The van der Waals surface area contributed by atoms with Crippen molar-refractivity contribution in [3.8, 4) is 5.75 Å². The summed E-state index contributed by atoms with van der Waals surface area (Å²) in [6.45, 7) is 6.39. The minimum absolute atomic E-state index is 0.0428. The van der Waals surface area contributed by atoms with Crippen LogP contribution in [-0.2, 0) is 0 Å². The van der Waals surface area contributed by atoms with Gasteiger partial charge < -0.3 is 15.2 Å². The van der Waals surface area contributed by atoms with Crippen LogP contribution >= 0.6 is 0 Å². The topological polar surface area (TPSA) is 54.4 Å². The third kappa shape index (κ3) is 3.64. The summed E-state index contributed by atoms with van der Waals surface area (Å²) in [7, 11) is 1.65. The van der Waals surface area contributed by atoms with Crippen molar-refractivity contribution in [2.45, 2.75) is 33.2 Å². The number of hydrogen-bond acceptors (Lipinski definition) is 4. The van der Waals surface area contributed by atoms with Crippen molar-refractivity contribution in [3.05, 3.63) is 30.0 Å². The fourth-order valence-electron chi connectivity index (χ4n) is 2.60. The highest BCUT2D eigenvalue weighted by Crippen LogP contribution is 2.30. The molecule has 0 radical (unpaired) electrons. The van der Waals surface area contributed by atoms with Gasteiger partial charge in [-0.25, -0.2) is 4.98 Å². The Morgan fingerprint density at radius 1 is 1.33 bits per heavy atom. The molecule has 1 unspecified atom stereocenters. The second kappa shape index (κ2) is 6.76. The highest BCUT2D eigenvalue weighted by molar-refractivity contribution is 5.95. The van der Waals surface area contributed by atoms with E-state index in [2.05, 4.69) is 24.1 Å². The normalized spacial score (nSPS) is 12.7. The first-order chi connectivity index (χ1) is 10.0. The number of aliphatic hydroxyl groups excluding tert-OH is 1. The number of nitrogens with zero attached hydrogens (tertiary/aromatic N) is 1. The van der Waals surface area contributed by atoms with Crippen molar-refractivity contribution < 1.29 is 9.84 Å². The molecule has 0 fully saturated rings. The van der Waals surface area contributed by atoms with E-state index in [0.717, 1.165) is 34.5 Å². The summed E-state index contributed by atoms with van der Waals surface area (Å²) in [5.41, 5.74) is 2.77. The number of anilines is 1. The predicted octanol–water partition coefficient (Wildman–Crippen LogP) is 3.37. The van der Waals surface area contributed by atoms with Gasteiger partial charge in [-0.1, -0.05) is 26.0 Å². The van der Waals surface area contributed by atoms with Crippen LogP contribution in [0.1, 0.15) is 26.0 Å². The van der Waals surface area contributed by atoms with E-state index >= 15 is 0 Å². The van der Waals surface area contributed by atoms with E-state index in [1.165, 1.54) is 0 Å². The summed E-state index contributed by atoms with van der Waals surface area (Å²) < 4.78 is 5.39. The summed E-state index contributed by atoms with van der Waals surface area (Å²) in [6.07, 6.45) is 0.920. The lowest BCUT2D eigenvalue weighted by Gasteiger charge is -2.21. The molecule has 0 aliphatic heterocycles. The Bertz CT molecular complexity index is 611. The molecule has 0 bridgehead atoms. The SMILES string of the molecule is COc1cccc2c(NC(CO)CC(C)C)cc(C)nc12. The Balaban J connectivity index is 2.43. The fourth-order valence-corrected chi connectivity index (χ4v) is 2.60. The summed E-state index contributed by atoms with van der Waals surface area (Å²) in [5.74, 6) is 1.29. The van der Waals surface area contributed by atoms with Crippen molar-refractivity contribution in [2.75, 3.05) is 19.0 Å². The maximum atomic E-state index is 9.58. The van der Waals surface area contributed by atoms with E-state index in [-0.39, 0.29) is 12.6 Å². The Morgan fingerprint density at radius 3 is 2.71 bits per heavy atom. The number of pyridine rings is 1. The van der Waals surface area contributed by atoms with E-state index in [1.54, 1.807) is 7.11 Å². The van der Waals surface area contributed by atoms with Gasteiger partial charge in [0, 0.05) is 22.8 Å². The maximum absolute atomic E-state index is 9.58. The lowest BCUT2D eigenvalue weighted by atomic mass is 10.0. The van der Waals surface area contributed by atoms with Crippen LogP contribution in [0.25, 0.3) is 10.9 Å². The summed E-state index contributed by atoms with van der Waals surface area (Å²) in [6, 6.07) is 7.96. The van der Waals surface area contributed by atoms with Crippen LogP contribution in [0.5, 0.6) is 5.75 Å². The molecule has 0 saturated heterocycles. The Labute approximate surface area is 126 Å². The van der Waals surface area contributed by atoms with Crippen LogP contribution in [0.15, 0.2) is 24.3 Å². The molecule has 0 aliphatic rings. The van der Waals surface area contributed by atoms with Gasteiger partial charge in [0.1, 0.15) is 11.3 Å². The molecule has 114 valence electrons. The quantitative estimate of drug-likeness (QED) is 0.855. The second-order valence-electron chi connectivity index (χ2n) is 5.82. The van der Waals surface area contributed by atoms with Crippen LogP contribution < -0.4 is 10.1 Å². The van der Waals surface area contributed by atoms with Crippen LogP contribution in [0.3, 0.4) is 0 Å². The molecule has 0 saturated carbocycles. The van der Waals surface area contributed by atoms with E-state index in [0.29, 0.717) is 5.92 Å². The summed E-state index contributed by atoms with van der Waals surface area (Å²) >= 11 is 0. The predicted molar refractivity (Wildman–Crippen MR) is 87.0 cm³/mol. The van der Waals surface area contributed by atoms with Gasteiger partial charge in [-0.15, -0.1) is 0 Å².